The molecule has 0 aliphatic carbocycles. The van der Waals surface area contributed by atoms with Crippen molar-refractivity contribution >= 4 is 23.2 Å². The summed E-state index contributed by atoms with van der Waals surface area (Å²) in [6.45, 7) is 6.35. The topological polar surface area (TPSA) is 70.2 Å². The lowest BCUT2D eigenvalue weighted by Gasteiger charge is -2.08. The molecule has 20 heavy (non-hydrogen) atoms. The van der Waals surface area contributed by atoms with Gasteiger partial charge in [0, 0.05) is 24.3 Å². The summed E-state index contributed by atoms with van der Waals surface area (Å²) in [4.78, 5) is 23.0. The van der Waals surface area contributed by atoms with Gasteiger partial charge in [0.2, 0.25) is 11.8 Å². The van der Waals surface area contributed by atoms with Crippen LogP contribution in [0.1, 0.15) is 19.8 Å². The van der Waals surface area contributed by atoms with E-state index in [4.69, 9.17) is 0 Å². The minimum atomic E-state index is -0.116. The predicted octanol–water partition coefficient (Wildman–Crippen LogP) is 2.14. The minimum Gasteiger partial charge on any atom is -0.326 e. The Morgan fingerprint density at radius 2 is 1.65 bits per heavy atom. The van der Waals surface area contributed by atoms with E-state index in [0.29, 0.717) is 18.7 Å². The number of benzene rings is 1. The molecule has 0 aliphatic rings. The first-order valence-electron chi connectivity index (χ1n) is 6.67. The molecule has 2 amide bonds. The molecular weight excluding hydrogens is 254 g/mol. The van der Waals surface area contributed by atoms with Crippen molar-refractivity contribution in [1.29, 1.82) is 0 Å². The lowest BCUT2D eigenvalue weighted by molar-refractivity contribution is -0.116. The summed E-state index contributed by atoms with van der Waals surface area (Å²) >= 11 is 0. The second kappa shape index (κ2) is 8.87. The summed E-state index contributed by atoms with van der Waals surface area (Å²) in [7, 11) is 0. The van der Waals surface area contributed by atoms with Crippen LogP contribution >= 0.6 is 0 Å². The Balaban J connectivity index is 2.43. The molecule has 0 fully saturated rings. The van der Waals surface area contributed by atoms with Gasteiger partial charge in [-0.2, -0.15) is 0 Å². The number of carbonyl (C=O) groups excluding carboxylic acids is 2. The van der Waals surface area contributed by atoms with Crippen LogP contribution in [0.2, 0.25) is 0 Å². The first-order valence-corrected chi connectivity index (χ1v) is 6.67. The molecule has 0 bridgehead atoms. The van der Waals surface area contributed by atoms with Crippen molar-refractivity contribution in [1.82, 2.24) is 5.32 Å². The number of anilines is 2. The Hall–Kier alpha value is -2.14. The number of amides is 2. The molecule has 5 heteroatoms. The van der Waals surface area contributed by atoms with E-state index in [-0.39, 0.29) is 18.4 Å². The van der Waals surface area contributed by atoms with Crippen molar-refractivity contribution in [2.24, 2.45) is 0 Å². The molecule has 1 aromatic carbocycles. The molecular formula is C15H21N3O2. The Morgan fingerprint density at radius 1 is 1.10 bits per heavy atom. The van der Waals surface area contributed by atoms with Crippen molar-refractivity contribution in [2.75, 3.05) is 23.7 Å². The second-order valence-electron chi connectivity index (χ2n) is 4.34. The Kier molecular flexibility index (Phi) is 7.06. The first kappa shape index (κ1) is 15.9. The minimum absolute atomic E-state index is 0.00193. The molecule has 0 unspecified atom stereocenters. The highest BCUT2D eigenvalue weighted by Gasteiger charge is 2.03. The zero-order chi connectivity index (χ0) is 14.8. The summed E-state index contributed by atoms with van der Waals surface area (Å²) in [5, 5.41) is 8.47. The van der Waals surface area contributed by atoms with Crippen LogP contribution in [-0.2, 0) is 9.59 Å². The first-order chi connectivity index (χ1) is 9.65. The SMILES string of the molecule is C=CCNCC(=O)Nc1ccc(NC(=O)CCC)cc1. The van der Waals surface area contributed by atoms with Crippen LogP contribution in [0.4, 0.5) is 11.4 Å². The molecule has 0 saturated carbocycles. The number of carbonyl (C=O) groups is 2. The molecule has 108 valence electrons. The average Bonchev–Trinajstić information content (AvgIpc) is 2.41. The third-order valence-electron chi connectivity index (χ3n) is 2.50. The van der Waals surface area contributed by atoms with E-state index in [1.54, 1.807) is 30.3 Å². The molecule has 1 rings (SSSR count). The quantitative estimate of drug-likeness (QED) is 0.503. The van der Waals surface area contributed by atoms with Crippen molar-refractivity contribution < 1.29 is 9.59 Å². The van der Waals surface area contributed by atoms with Gasteiger partial charge in [-0.3, -0.25) is 9.59 Å². The Labute approximate surface area is 119 Å². The van der Waals surface area contributed by atoms with Gasteiger partial charge in [-0.05, 0) is 30.7 Å². The molecule has 0 radical (unpaired) electrons. The zero-order valence-corrected chi connectivity index (χ0v) is 11.7. The van der Waals surface area contributed by atoms with Crippen LogP contribution in [-0.4, -0.2) is 24.9 Å². The van der Waals surface area contributed by atoms with E-state index in [9.17, 15) is 9.59 Å². The van der Waals surface area contributed by atoms with Gasteiger partial charge in [0.1, 0.15) is 0 Å². The highest BCUT2D eigenvalue weighted by Crippen LogP contribution is 2.13. The van der Waals surface area contributed by atoms with Crippen molar-refractivity contribution in [3.8, 4) is 0 Å². The summed E-state index contributed by atoms with van der Waals surface area (Å²) < 4.78 is 0. The number of rotatable bonds is 8. The highest BCUT2D eigenvalue weighted by molar-refractivity contribution is 5.93. The molecule has 0 spiro atoms. The lowest BCUT2D eigenvalue weighted by Crippen LogP contribution is -2.28. The van der Waals surface area contributed by atoms with Gasteiger partial charge >= 0.3 is 0 Å². The zero-order valence-electron chi connectivity index (χ0n) is 11.7. The molecule has 3 N–H and O–H groups in total. The van der Waals surface area contributed by atoms with Gasteiger partial charge in [0.25, 0.3) is 0 Å². The van der Waals surface area contributed by atoms with Crippen LogP contribution < -0.4 is 16.0 Å². The third-order valence-corrected chi connectivity index (χ3v) is 2.50. The van der Waals surface area contributed by atoms with Crippen LogP contribution in [0.5, 0.6) is 0 Å². The van der Waals surface area contributed by atoms with Gasteiger partial charge < -0.3 is 16.0 Å². The van der Waals surface area contributed by atoms with E-state index >= 15 is 0 Å². The predicted molar refractivity (Wildman–Crippen MR) is 81.7 cm³/mol. The maximum absolute atomic E-state index is 11.6. The summed E-state index contributed by atoms with van der Waals surface area (Å²) in [5.74, 6) is -0.118. The van der Waals surface area contributed by atoms with E-state index in [2.05, 4.69) is 22.5 Å². The second-order valence-corrected chi connectivity index (χ2v) is 4.34. The standard InChI is InChI=1S/C15H21N3O2/c1-3-5-14(19)17-12-6-8-13(9-7-12)18-15(20)11-16-10-4-2/h4,6-9,16H,2-3,5,10-11H2,1H3,(H,17,19)(H,18,20). The van der Waals surface area contributed by atoms with Gasteiger partial charge in [-0.1, -0.05) is 13.0 Å². The Morgan fingerprint density at radius 3 is 2.15 bits per heavy atom. The smallest absolute Gasteiger partial charge is 0.238 e. The molecule has 1 aromatic rings. The van der Waals surface area contributed by atoms with Gasteiger partial charge in [-0.25, -0.2) is 0 Å². The summed E-state index contributed by atoms with van der Waals surface area (Å²) in [6.07, 6.45) is 3.02. The molecule has 0 heterocycles. The maximum Gasteiger partial charge on any atom is 0.238 e. The molecule has 0 aliphatic heterocycles. The maximum atomic E-state index is 11.6. The summed E-state index contributed by atoms with van der Waals surface area (Å²) in [6, 6.07) is 7.04. The number of hydrogen-bond donors (Lipinski definition) is 3. The molecule has 5 nitrogen and oxygen atoms in total. The van der Waals surface area contributed by atoms with Gasteiger partial charge in [0.15, 0.2) is 0 Å². The van der Waals surface area contributed by atoms with E-state index in [1.165, 1.54) is 0 Å². The van der Waals surface area contributed by atoms with E-state index in [1.807, 2.05) is 6.92 Å². The van der Waals surface area contributed by atoms with E-state index < -0.39 is 0 Å². The van der Waals surface area contributed by atoms with Crippen molar-refractivity contribution in [2.45, 2.75) is 19.8 Å². The average molecular weight is 275 g/mol. The Bertz CT molecular complexity index is 455. The lowest BCUT2D eigenvalue weighted by atomic mass is 10.2. The third kappa shape index (κ3) is 6.15. The fraction of sp³-hybridized carbons (Fsp3) is 0.333. The molecule has 0 saturated heterocycles. The van der Waals surface area contributed by atoms with Crippen LogP contribution in [0.25, 0.3) is 0 Å². The number of nitrogens with one attached hydrogen (secondary N) is 3. The normalized spacial score (nSPS) is 9.85. The summed E-state index contributed by atoms with van der Waals surface area (Å²) in [5.41, 5.74) is 1.43. The molecule has 0 aromatic heterocycles. The highest BCUT2D eigenvalue weighted by atomic mass is 16.2. The van der Waals surface area contributed by atoms with E-state index in [0.717, 1.165) is 12.1 Å². The van der Waals surface area contributed by atoms with Gasteiger partial charge in [-0.15, -0.1) is 6.58 Å². The van der Waals surface area contributed by atoms with Crippen molar-refractivity contribution in [3.63, 3.8) is 0 Å². The van der Waals surface area contributed by atoms with Crippen LogP contribution in [0.3, 0.4) is 0 Å². The fourth-order valence-corrected chi connectivity index (χ4v) is 1.58. The van der Waals surface area contributed by atoms with Crippen molar-refractivity contribution in [3.05, 3.63) is 36.9 Å². The van der Waals surface area contributed by atoms with Gasteiger partial charge in [0.05, 0.1) is 6.54 Å². The number of hydrogen-bond acceptors (Lipinski definition) is 3. The molecule has 0 atom stereocenters. The monoisotopic (exact) mass is 275 g/mol. The van der Waals surface area contributed by atoms with Crippen LogP contribution in [0, 0.1) is 0 Å². The van der Waals surface area contributed by atoms with Crippen LogP contribution in [0.15, 0.2) is 36.9 Å². The fourth-order valence-electron chi connectivity index (χ4n) is 1.58. The largest absolute Gasteiger partial charge is 0.326 e.